The summed E-state index contributed by atoms with van der Waals surface area (Å²) in [5, 5.41) is 10.0. The van der Waals surface area contributed by atoms with Gasteiger partial charge in [0.25, 0.3) is 0 Å². The number of aromatic amines is 1. The summed E-state index contributed by atoms with van der Waals surface area (Å²) >= 11 is 5.24. The number of rotatable bonds is 7. The maximum absolute atomic E-state index is 11.8. The lowest BCUT2D eigenvalue weighted by molar-refractivity contribution is -0.121. The number of aromatic nitrogens is 4. The monoisotopic (exact) mass is 317 g/mol. The summed E-state index contributed by atoms with van der Waals surface area (Å²) in [7, 11) is 0. The molecule has 1 aliphatic rings. The predicted molar refractivity (Wildman–Crippen MR) is 85.0 cm³/mol. The third kappa shape index (κ3) is 3.79. The van der Waals surface area contributed by atoms with Gasteiger partial charge in [0.15, 0.2) is 4.77 Å². The molecular formula is C15H19N5OS. The first-order valence-corrected chi connectivity index (χ1v) is 7.97. The van der Waals surface area contributed by atoms with Crippen molar-refractivity contribution in [2.24, 2.45) is 0 Å². The zero-order valence-electron chi connectivity index (χ0n) is 12.3. The van der Waals surface area contributed by atoms with Crippen molar-refractivity contribution >= 4 is 18.1 Å². The zero-order chi connectivity index (χ0) is 15.4. The van der Waals surface area contributed by atoms with E-state index in [9.17, 15) is 4.79 Å². The lowest BCUT2D eigenvalue weighted by atomic mass is 10.2. The number of hydrogen-bond acceptors (Lipinski definition) is 4. The van der Waals surface area contributed by atoms with Gasteiger partial charge in [-0.15, -0.1) is 0 Å². The van der Waals surface area contributed by atoms with Crippen molar-refractivity contribution in [2.45, 2.75) is 38.1 Å². The molecule has 2 heterocycles. The number of amides is 1. The van der Waals surface area contributed by atoms with Crippen molar-refractivity contribution in [3.05, 3.63) is 40.7 Å². The van der Waals surface area contributed by atoms with E-state index in [1.165, 1.54) is 0 Å². The lowest BCUT2D eigenvalue weighted by Gasteiger charge is -2.06. The lowest BCUT2D eigenvalue weighted by Crippen LogP contribution is -2.26. The molecule has 0 saturated heterocycles. The number of hydrogen-bond donors (Lipinski definition) is 2. The molecule has 0 radical (unpaired) electrons. The maximum atomic E-state index is 11.8. The fourth-order valence-corrected chi connectivity index (χ4v) is 2.71. The van der Waals surface area contributed by atoms with E-state index in [2.05, 4.69) is 25.1 Å². The van der Waals surface area contributed by atoms with Crippen molar-refractivity contribution in [3.8, 4) is 0 Å². The average molecular weight is 317 g/mol. The van der Waals surface area contributed by atoms with Gasteiger partial charge in [-0.2, -0.15) is 5.10 Å². The highest BCUT2D eigenvalue weighted by Crippen LogP contribution is 2.35. The molecule has 2 N–H and O–H groups in total. The number of aryl methyl sites for hydroxylation is 1. The Labute approximate surface area is 134 Å². The largest absolute Gasteiger partial charge is 0.356 e. The molecule has 2 aromatic rings. The summed E-state index contributed by atoms with van der Waals surface area (Å²) in [5.41, 5.74) is 0.937. The van der Waals surface area contributed by atoms with Crippen LogP contribution >= 0.6 is 12.2 Å². The summed E-state index contributed by atoms with van der Waals surface area (Å²) in [5.74, 6) is 0.968. The molecule has 0 spiro atoms. The third-order valence-corrected chi connectivity index (χ3v) is 3.98. The van der Waals surface area contributed by atoms with E-state index in [0.717, 1.165) is 24.4 Å². The highest BCUT2D eigenvalue weighted by atomic mass is 32.1. The number of H-pyrrole nitrogens is 1. The van der Waals surface area contributed by atoms with E-state index in [0.29, 0.717) is 36.6 Å². The molecule has 1 saturated carbocycles. The molecule has 0 aliphatic heterocycles. The van der Waals surface area contributed by atoms with Crippen LogP contribution in [0, 0.1) is 4.77 Å². The van der Waals surface area contributed by atoms with Crippen LogP contribution in [-0.4, -0.2) is 32.2 Å². The molecule has 0 atom stereocenters. The van der Waals surface area contributed by atoms with Gasteiger partial charge in [-0.25, -0.2) is 0 Å². The van der Waals surface area contributed by atoms with Crippen LogP contribution in [0.3, 0.4) is 0 Å². The third-order valence-electron chi connectivity index (χ3n) is 3.69. The quantitative estimate of drug-likeness (QED) is 0.766. The summed E-state index contributed by atoms with van der Waals surface area (Å²) in [6.45, 7) is 0.577. The van der Waals surface area contributed by atoms with Crippen LogP contribution in [-0.2, 0) is 17.6 Å². The van der Waals surface area contributed by atoms with E-state index in [-0.39, 0.29) is 5.91 Å². The summed E-state index contributed by atoms with van der Waals surface area (Å²) in [6, 6.07) is 6.23. The molecular weight excluding hydrogens is 298 g/mol. The smallest absolute Gasteiger partial charge is 0.220 e. The average Bonchev–Trinajstić information content (AvgIpc) is 3.30. The number of pyridine rings is 1. The van der Waals surface area contributed by atoms with Gasteiger partial charge in [-0.3, -0.25) is 14.9 Å². The second-order valence-electron chi connectivity index (χ2n) is 5.47. The molecule has 1 aliphatic carbocycles. The van der Waals surface area contributed by atoms with E-state index in [1.54, 1.807) is 6.20 Å². The molecule has 1 amide bonds. The van der Waals surface area contributed by atoms with Gasteiger partial charge in [-0.05, 0) is 43.6 Å². The maximum Gasteiger partial charge on any atom is 0.220 e. The van der Waals surface area contributed by atoms with Crippen molar-refractivity contribution in [1.29, 1.82) is 0 Å². The first-order chi connectivity index (χ1) is 10.7. The van der Waals surface area contributed by atoms with E-state index >= 15 is 0 Å². The number of nitrogens with zero attached hydrogens (tertiary/aromatic N) is 3. The van der Waals surface area contributed by atoms with Crippen molar-refractivity contribution in [1.82, 2.24) is 25.1 Å². The molecule has 3 rings (SSSR count). The fraction of sp³-hybridized carbons (Fsp3) is 0.467. The molecule has 0 aromatic carbocycles. The second kappa shape index (κ2) is 6.83. The zero-order valence-corrected chi connectivity index (χ0v) is 13.1. The number of carbonyl (C=O) groups is 1. The fourth-order valence-electron chi connectivity index (χ4n) is 2.41. The second-order valence-corrected chi connectivity index (χ2v) is 5.85. The molecule has 6 nitrogen and oxygen atoms in total. The molecule has 0 unspecified atom stereocenters. The molecule has 0 bridgehead atoms. The molecule has 2 aromatic heterocycles. The Bertz CT molecular complexity index is 689. The number of nitrogens with one attached hydrogen (secondary N) is 2. The van der Waals surface area contributed by atoms with Crippen LogP contribution in [0.1, 0.15) is 36.8 Å². The van der Waals surface area contributed by atoms with Gasteiger partial charge in [0.1, 0.15) is 5.82 Å². The van der Waals surface area contributed by atoms with Gasteiger partial charge in [0, 0.05) is 37.3 Å². The molecule has 116 valence electrons. The summed E-state index contributed by atoms with van der Waals surface area (Å²) in [6.07, 6.45) is 5.88. The van der Waals surface area contributed by atoms with Gasteiger partial charge < -0.3 is 9.88 Å². The van der Waals surface area contributed by atoms with Gasteiger partial charge in [-0.1, -0.05) is 6.07 Å². The highest BCUT2D eigenvalue weighted by molar-refractivity contribution is 7.71. The Kier molecular flexibility index (Phi) is 4.62. The first-order valence-electron chi connectivity index (χ1n) is 7.56. The molecule has 22 heavy (non-hydrogen) atoms. The van der Waals surface area contributed by atoms with Crippen LogP contribution in [0.25, 0.3) is 0 Å². The van der Waals surface area contributed by atoms with E-state index in [4.69, 9.17) is 12.2 Å². The van der Waals surface area contributed by atoms with Crippen molar-refractivity contribution < 1.29 is 4.79 Å². The Balaban J connectivity index is 1.43. The van der Waals surface area contributed by atoms with E-state index in [1.807, 2.05) is 18.2 Å². The van der Waals surface area contributed by atoms with Crippen LogP contribution < -0.4 is 5.32 Å². The van der Waals surface area contributed by atoms with Crippen LogP contribution in [0.4, 0.5) is 0 Å². The Morgan fingerprint density at radius 3 is 3.00 bits per heavy atom. The van der Waals surface area contributed by atoms with Gasteiger partial charge in [0.2, 0.25) is 5.91 Å². The minimum Gasteiger partial charge on any atom is -0.356 e. The SMILES string of the molecule is O=C(CCc1ccccn1)NCCc1n[nH]c(=S)n1C1CC1. The minimum absolute atomic E-state index is 0.0396. The Hall–Kier alpha value is -2.02. The van der Waals surface area contributed by atoms with Crippen LogP contribution in [0.2, 0.25) is 0 Å². The molecule has 1 fully saturated rings. The molecule has 7 heteroatoms. The summed E-state index contributed by atoms with van der Waals surface area (Å²) in [4.78, 5) is 16.1. The Morgan fingerprint density at radius 1 is 1.41 bits per heavy atom. The van der Waals surface area contributed by atoms with Crippen molar-refractivity contribution in [2.75, 3.05) is 6.54 Å². The predicted octanol–water partition coefficient (Wildman–Crippen LogP) is 1.96. The number of carbonyl (C=O) groups excluding carboxylic acids is 1. The van der Waals surface area contributed by atoms with Crippen LogP contribution in [0.15, 0.2) is 24.4 Å². The Morgan fingerprint density at radius 2 is 2.27 bits per heavy atom. The van der Waals surface area contributed by atoms with E-state index < -0.39 is 0 Å². The van der Waals surface area contributed by atoms with Gasteiger partial charge in [0.05, 0.1) is 0 Å². The van der Waals surface area contributed by atoms with Crippen LogP contribution in [0.5, 0.6) is 0 Å². The highest BCUT2D eigenvalue weighted by Gasteiger charge is 2.26. The standard InChI is InChI=1S/C15H19N5OS/c21-14(7-4-11-3-1-2-9-16-11)17-10-8-13-18-19-15(22)20(13)12-5-6-12/h1-3,9,12H,4-8,10H2,(H,17,21)(H,19,22). The minimum atomic E-state index is 0.0396. The topological polar surface area (TPSA) is 75.6 Å². The first kappa shape index (κ1) is 14.9. The van der Waals surface area contributed by atoms with Crippen molar-refractivity contribution in [3.63, 3.8) is 0 Å². The normalized spacial score (nSPS) is 14.0. The summed E-state index contributed by atoms with van der Waals surface area (Å²) < 4.78 is 2.76. The van der Waals surface area contributed by atoms with Gasteiger partial charge >= 0.3 is 0 Å².